The number of thiol groups is 1. The minimum absolute atomic E-state index is 0.264. The summed E-state index contributed by atoms with van der Waals surface area (Å²) in [6, 6.07) is 1.83. The SMILES string of the molecule is CN(C(=O)N[SH](N)(=O)c1cnc(C(C)(C)O)s1)c1c2c(cc3c1CCC3)CCC2. The third-order valence-corrected chi connectivity index (χ3v) is 9.18. The summed E-state index contributed by atoms with van der Waals surface area (Å²) >= 11 is 1.05. The van der Waals surface area contributed by atoms with Crippen LogP contribution in [0.2, 0.25) is 0 Å². The minimum Gasteiger partial charge on any atom is -0.383 e. The van der Waals surface area contributed by atoms with Crippen molar-refractivity contribution in [2.24, 2.45) is 5.14 Å². The van der Waals surface area contributed by atoms with E-state index in [1.54, 1.807) is 25.8 Å². The molecule has 1 aromatic heterocycles. The zero-order valence-corrected chi connectivity index (χ0v) is 18.7. The van der Waals surface area contributed by atoms with E-state index in [9.17, 15) is 14.1 Å². The summed E-state index contributed by atoms with van der Waals surface area (Å²) in [6.07, 6.45) is 7.56. The molecule has 2 aliphatic carbocycles. The molecule has 2 aromatic rings. The summed E-state index contributed by atoms with van der Waals surface area (Å²) in [7, 11) is -1.94. The smallest absolute Gasteiger partial charge is 0.333 e. The van der Waals surface area contributed by atoms with Gasteiger partial charge in [0.1, 0.15) is 14.8 Å². The first-order chi connectivity index (χ1) is 13.6. The standard InChI is InChI=1S/C20H28N4O3S2/c1-20(2,26)18-22-11-16(28-18)29(21,27)23-19(25)24(3)17-14-8-4-6-12(14)10-13-7-5-9-15(13)17/h10-11,26,29H,4-9H2,1-3H3,(H3,21,23,25,27). The third kappa shape index (κ3) is 3.72. The second-order valence-corrected chi connectivity index (χ2v) is 11.8. The van der Waals surface area contributed by atoms with E-state index in [1.807, 2.05) is 0 Å². The van der Waals surface area contributed by atoms with Crippen molar-refractivity contribution in [1.29, 1.82) is 0 Å². The molecule has 0 saturated heterocycles. The van der Waals surface area contributed by atoms with Crippen LogP contribution in [0, 0.1) is 0 Å². The van der Waals surface area contributed by atoms with Gasteiger partial charge in [-0.1, -0.05) is 6.07 Å². The molecule has 1 heterocycles. The molecule has 2 aliphatic rings. The van der Waals surface area contributed by atoms with Gasteiger partial charge in [-0.25, -0.2) is 14.0 Å². The van der Waals surface area contributed by atoms with Crippen molar-refractivity contribution in [3.63, 3.8) is 0 Å². The number of nitrogens with one attached hydrogen (secondary N) is 1. The first-order valence-corrected chi connectivity index (χ1v) is 12.5. The molecule has 9 heteroatoms. The molecule has 1 aromatic carbocycles. The van der Waals surface area contributed by atoms with E-state index >= 15 is 0 Å². The fourth-order valence-electron chi connectivity index (χ4n) is 4.27. The predicted octanol–water partition coefficient (Wildman–Crippen LogP) is 2.36. The number of thiazole rings is 1. The number of aliphatic hydroxyl groups is 1. The number of nitrogens with zero attached hydrogens (tertiary/aromatic N) is 2. The number of rotatable bonds is 4. The number of benzene rings is 1. The van der Waals surface area contributed by atoms with Crippen LogP contribution < -0.4 is 14.8 Å². The summed E-state index contributed by atoms with van der Waals surface area (Å²) in [6.45, 7) is 3.19. The highest BCUT2D eigenvalue weighted by Crippen LogP contribution is 2.40. The van der Waals surface area contributed by atoms with E-state index < -0.39 is 21.9 Å². The first kappa shape index (κ1) is 20.5. The first-order valence-electron chi connectivity index (χ1n) is 9.88. The van der Waals surface area contributed by atoms with Crippen LogP contribution in [0.25, 0.3) is 0 Å². The quantitative estimate of drug-likeness (QED) is 0.552. The van der Waals surface area contributed by atoms with Gasteiger partial charge in [0.15, 0.2) is 0 Å². The Bertz CT molecular complexity index is 993. The number of aryl methyl sites for hydroxylation is 2. The molecule has 29 heavy (non-hydrogen) atoms. The molecule has 0 bridgehead atoms. The monoisotopic (exact) mass is 436 g/mol. The van der Waals surface area contributed by atoms with Crippen molar-refractivity contribution >= 4 is 33.4 Å². The maximum Gasteiger partial charge on any atom is 0.333 e. The molecule has 0 unspecified atom stereocenters. The lowest BCUT2D eigenvalue weighted by Crippen LogP contribution is -2.48. The van der Waals surface area contributed by atoms with Crippen LogP contribution >= 0.6 is 11.3 Å². The van der Waals surface area contributed by atoms with Gasteiger partial charge < -0.3 is 5.11 Å². The Balaban J connectivity index is 1.61. The lowest BCUT2D eigenvalue weighted by molar-refractivity contribution is 0.0783. The Morgan fingerprint density at radius 3 is 2.34 bits per heavy atom. The van der Waals surface area contributed by atoms with Crippen LogP contribution in [0.4, 0.5) is 10.5 Å². The summed E-state index contributed by atoms with van der Waals surface area (Å²) in [5.41, 5.74) is 4.93. The summed E-state index contributed by atoms with van der Waals surface area (Å²) < 4.78 is 15.9. The van der Waals surface area contributed by atoms with E-state index in [2.05, 4.69) is 15.8 Å². The van der Waals surface area contributed by atoms with Crippen molar-refractivity contribution in [2.45, 2.75) is 62.2 Å². The second-order valence-electron chi connectivity index (χ2n) is 8.40. The van der Waals surface area contributed by atoms with Crippen LogP contribution in [0.1, 0.15) is 54.0 Å². The number of nitrogens with two attached hydrogens (primary N) is 1. The lowest BCUT2D eigenvalue weighted by Gasteiger charge is -2.27. The number of hydrogen-bond acceptors (Lipinski definition) is 5. The number of hydrogen-bond donors (Lipinski definition) is 4. The molecular weight excluding hydrogens is 408 g/mol. The van der Waals surface area contributed by atoms with Gasteiger partial charge in [0, 0.05) is 17.4 Å². The average molecular weight is 437 g/mol. The largest absolute Gasteiger partial charge is 0.383 e. The van der Waals surface area contributed by atoms with Gasteiger partial charge in [0.2, 0.25) is 0 Å². The van der Waals surface area contributed by atoms with Crippen LogP contribution in [-0.4, -0.2) is 27.4 Å². The van der Waals surface area contributed by atoms with Crippen molar-refractivity contribution in [1.82, 2.24) is 9.71 Å². The van der Waals surface area contributed by atoms with Gasteiger partial charge in [-0.15, -0.1) is 11.3 Å². The molecule has 4 rings (SSSR count). The lowest BCUT2D eigenvalue weighted by atomic mass is 9.98. The number of amides is 2. The van der Waals surface area contributed by atoms with Crippen LogP contribution in [0.3, 0.4) is 0 Å². The zero-order chi connectivity index (χ0) is 21.0. The zero-order valence-electron chi connectivity index (χ0n) is 17.0. The highest BCUT2D eigenvalue weighted by Gasteiger charge is 2.30. The Kier molecular flexibility index (Phi) is 5.05. The van der Waals surface area contributed by atoms with Crippen LogP contribution in [0.5, 0.6) is 0 Å². The topological polar surface area (TPSA) is 109 Å². The van der Waals surface area contributed by atoms with E-state index in [1.165, 1.54) is 28.5 Å². The maximum atomic E-state index is 13.1. The van der Waals surface area contributed by atoms with Crippen LogP contribution in [0.15, 0.2) is 16.5 Å². The van der Waals surface area contributed by atoms with Crippen LogP contribution in [-0.2, 0) is 41.6 Å². The van der Waals surface area contributed by atoms with Gasteiger partial charge >= 0.3 is 6.03 Å². The Hall–Kier alpha value is -1.81. The molecule has 0 fully saturated rings. The van der Waals surface area contributed by atoms with Gasteiger partial charge in [-0.2, -0.15) is 0 Å². The molecule has 0 saturated carbocycles. The molecule has 7 nitrogen and oxygen atoms in total. The fraction of sp³-hybridized carbons (Fsp3) is 0.500. The number of aromatic nitrogens is 1. The number of urea groups is 1. The molecule has 158 valence electrons. The summed E-state index contributed by atoms with van der Waals surface area (Å²) in [5.74, 6) is 0. The fourth-order valence-corrected chi connectivity index (χ4v) is 6.64. The molecule has 0 atom stereocenters. The highest BCUT2D eigenvalue weighted by atomic mass is 32.3. The van der Waals surface area contributed by atoms with E-state index in [-0.39, 0.29) is 4.21 Å². The van der Waals surface area contributed by atoms with E-state index in [4.69, 9.17) is 5.14 Å². The van der Waals surface area contributed by atoms with Crippen molar-refractivity contribution in [3.05, 3.63) is 39.5 Å². The van der Waals surface area contributed by atoms with Gasteiger partial charge in [-0.3, -0.25) is 14.8 Å². The summed E-state index contributed by atoms with van der Waals surface area (Å²) in [5, 5.41) is 16.5. The number of anilines is 1. The van der Waals surface area contributed by atoms with E-state index in [0.717, 1.165) is 55.5 Å². The summed E-state index contributed by atoms with van der Waals surface area (Å²) in [4.78, 5) is 18.7. The molecule has 4 N–H and O–H groups in total. The highest BCUT2D eigenvalue weighted by molar-refractivity contribution is 8.01. The molecular formula is C20H28N4O3S2. The van der Waals surface area contributed by atoms with Gasteiger partial charge in [0.25, 0.3) is 0 Å². The predicted molar refractivity (Wildman–Crippen MR) is 117 cm³/mol. The van der Waals surface area contributed by atoms with Crippen molar-refractivity contribution in [2.75, 3.05) is 11.9 Å². The molecule has 0 spiro atoms. The average Bonchev–Trinajstić information content (AvgIpc) is 3.36. The Morgan fingerprint density at radius 2 is 1.83 bits per heavy atom. The maximum absolute atomic E-state index is 13.1. The number of carbonyl (C=O) groups excluding carboxylic acids is 1. The van der Waals surface area contributed by atoms with Crippen molar-refractivity contribution < 1.29 is 14.1 Å². The normalized spacial score (nSPS) is 16.4. The van der Waals surface area contributed by atoms with E-state index in [0.29, 0.717) is 5.01 Å². The number of fused-ring (bicyclic) bond motifs is 2. The Morgan fingerprint density at radius 1 is 1.24 bits per heavy atom. The Labute approximate surface area is 176 Å². The minimum atomic E-state index is -3.66. The molecule has 2 amide bonds. The second kappa shape index (κ2) is 7.16. The molecule has 0 aliphatic heterocycles. The third-order valence-electron chi connectivity index (χ3n) is 5.69. The molecule has 0 radical (unpaired) electrons. The number of carbonyl (C=O) groups is 1. The van der Waals surface area contributed by atoms with Gasteiger partial charge in [-0.05, 0) is 74.6 Å². The van der Waals surface area contributed by atoms with Crippen molar-refractivity contribution in [3.8, 4) is 0 Å². The van der Waals surface area contributed by atoms with Gasteiger partial charge in [0.05, 0.1) is 11.9 Å².